The Labute approximate surface area is 73.6 Å². The van der Waals surface area contributed by atoms with Crippen molar-refractivity contribution in [2.75, 3.05) is 0 Å². The third kappa shape index (κ3) is 3.02. The molecule has 0 nitrogen and oxygen atoms in total. The van der Waals surface area contributed by atoms with Crippen LogP contribution in [0.25, 0.3) is 6.08 Å². The first-order chi connectivity index (χ1) is 5.93. The smallest absolute Gasteiger partial charge is 0.0257 e. The topological polar surface area (TPSA) is 0 Å². The molecule has 0 aromatic heterocycles. The SMILES string of the molecule is C=CC=C/C=C/c1ccccc1. The molecule has 0 amide bonds. The molecule has 0 saturated heterocycles. The molecule has 0 aliphatic carbocycles. The molecule has 0 aliphatic heterocycles. The predicted molar refractivity (Wildman–Crippen MR) is 54.8 cm³/mol. The Hall–Kier alpha value is -1.56. The highest BCUT2D eigenvalue weighted by Gasteiger charge is 1.78. The van der Waals surface area contributed by atoms with Crippen LogP contribution in [0.2, 0.25) is 0 Å². The van der Waals surface area contributed by atoms with Crippen LogP contribution < -0.4 is 0 Å². The maximum Gasteiger partial charge on any atom is -0.0257 e. The van der Waals surface area contributed by atoms with E-state index in [1.807, 2.05) is 36.4 Å². The van der Waals surface area contributed by atoms with E-state index in [9.17, 15) is 0 Å². The third-order valence-corrected chi connectivity index (χ3v) is 1.45. The van der Waals surface area contributed by atoms with Crippen molar-refractivity contribution in [1.82, 2.24) is 0 Å². The average molecular weight is 156 g/mol. The van der Waals surface area contributed by atoms with Gasteiger partial charge in [-0.1, -0.05) is 67.3 Å². The minimum atomic E-state index is 1.21. The van der Waals surface area contributed by atoms with Gasteiger partial charge < -0.3 is 0 Å². The number of hydrogen-bond acceptors (Lipinski definition) is 0. The zero-order valence-electron chi connectivity index (χ0n) is 6.98. The van der Waals surface area contributed by atoms with Gasteiger partial charge in [0.05, 0.1) is 0 Å². The molecule has 0 aliphatic rings. The monoisotopic (exact) mass is 156 g/mol. The summed E-state index contributed by atoms with van der Waals surface area (Å²) in [5.74, 6) is 0. The van der Waals surface area contributed by atoms with Gasteiger partial charge in [0.15, 0.2) is 0 Å². The van der Waals surface area contributed by atoms with Gasteiger partial charge in [-0.25, -0.2) is 0 Å². The minimum absolute atomic E-state index is 1.21. The lowest BCUT2D eigenvalue weighted by Gasteiger charge is -1.87. The molecular weight excluding hydrogens is 144 g/mol. The number of hydrogen-bond donors (Lipinski definition) is 0. The summed E-state index contributed by atoms with van der Waals surface area (Å²) >= 11 is 0. The molecule has 0 heterocycles. The van der Waals surface area contributed by atoms with Gasteiger partial charge in [-0.05, 0) is 5.56 Å². The molecular formula is C12H12. The molecule has 0 N–H and O–H groups in total. The summed E-state index contributed by atoms with van der Waals surface area (Å²) in [5.41, 5.74) is 1.21. The van der Waals surface area contributed by atoms with Gasteiger partial charge in [-0.2, -0.15) is 0 Å². The van der Waals surface area contributed by atoms with Crippen LogP contribution in [0.1, 0.15) is 5.56 Å². The summed E-state index contributed by atoms with van der Waals surface area (Å²) < 4.78 is 0. The Morgan fingerprint density at radius 3 is 2.33 bits per heavy atom. The fourth-order valence-electron chi connectivity index (χ4n) is 0.874. The van der Waals surface area contributed by atoms with Crippen molar-refractivity contribution in [3.63, 3.8) is 0 Å². The number of allylic oxidation sites excluding steroid dienone is 4. The van der Waals surface area contributed by atoms with Crippen molar-refractivity contribution in [2.45, 2.75) is 0 Å². The molecule has 0 fully saturated rings. The van der Waals surface area contributed by atoms with Crippen LogP contribution in [-0.4, -0.2) is 0 Å². The van der Waals surface area contributed by atoms with Crippen molar-refractivity contribution in [2.24, 2.45) is 0 Å². The molecule has 0 heteroatoms. The van der Waals surface area contributed by atoms with Crippen molar-refractivity contribution in [1.29, 1.82) is 0 Å². The standard InChI is InChI=1S/C12H12/c1-2-3-4-6-9-12-10-7-5-8-11-12/h2-11H,1H2/b4-3?,9-6+. The van der Waals surface area contributed by atoms with E-state index in [0.29, 0.717) is 0 Å². The maximum absolute atomic E-state index is 3.58. The molecule has 1 aromatic carbocycles. The lowest BCUT2D eigenvalue weighted by Crippen LogP contribution is -1.66. The Balaban J connectivity index is 2.58. The lowest BCUT2D eigenvalue weighted by molar-refractivity contribution is 1.66. The van der Waals surface area contributed by atoms with E-state index in [2.05, 4.69) is 24.8 Å². The van der Waals surface area contributed by atoms with Gasteiger partial charge in [0.25, 0.3) is 0 Å². The van der Waals surface area contributed by atoms with E-state index < -0.39 is 0 Å². The van der Waals surface area contributed by atoms with Crippen molar-refractivity contribution in [3.05, 3.63) is 66.8 Å². The molecule has 1 rings (SSSR count). The summed E-state index contributed by atoms with van der Waals surface area (Å²) in [6.45, 7) is 3.58. The Kier molecular flexibility index (Phi) is 3.65. The Morgan fingerprint density at radius 2 is 1.67 bits per heavy atom. The highest BCUT2D eigenvalue weighted by atomic mass is 13.8. The van der Waals surface area contributed by atoms with Crippen LogP contribution in [0, 0.1) is 0 Å². The summed E-state index contributed by atoms with van der Waals surface area (Å²) in [7, 11) is 0. The van der Waals surface area contributed by atoms with E-state index in [4.69, 9.17) is 0 Å². The molecule has 0 unspecified atom stereocenters. The highest BCUT2D eigenvalue weighted by Crippen LogP contribution is 2.00. The molecule has 60 valence electrons. The molecule has 0 saturated carbocycles. The van der Waals surface area contributed by atoms with Crippen molar-refractivity contribution in [3.8, 4) is 0 Å². The zero-order chi connectivity index (χ0) is 8.65. The highest BCUT2D eigenvalue weighted by molar-refractivity contribution is 5.50. The van der Waals surface area contributed by atoms with Crippen LogP contribution in [0.15, 0.2) is 61.2 Å². The summed E-state index contributed by atoms with van der Waals surface area (Å²) in [5, 5.41) is 0. The predicted octanol–water partition coefficient (Wildman–Crippen LogP) is 3.44. The van der Waals surface area contributed by atoms with Crippen LogP contribution in [0.5, 0.6) is 0 Å². The first-order valence-corrected chi connectivity index (χ1v) is 3.94. The van der Waals surface area contributed by atoms with E-state index in [1.54, 1.807) is 6.08 Å². The quantitative estimate of drug-likeness (QED) is 0.588. The maximum atomic E-state index is 3.58. The summed E-state index contributed by atoms with van der Waals surface area (Å²) in [6, 6.07) is 10.2. The van der Waals surface area contributed by atoms with Crippen LogP contribution in [-0.2, 0) is 0 Å². The fraction of sp³-hybridized carbons (Fsp3) is 0. The van der Waals surface area contributed by atoms with E-state index in [-0.39, 0.29) is 0 Å². The van der Waals surface area contributed by atoms with Gasteiger partial charge in [0.1, 0.15) is 0 Å². The molecule has 12 heavy (non-hydrogen) atoms. The van der Waals surface area contributed by atoms with Gasteiger partial charge >= 0.3 is 0 Å². The second kappa shape index (κ2) is 5.14. The number of rotatable bonds is 3. The van der Waals surface area contributed by atoms with Gasteiger partial charge in [-0.3, -0.25) is 0 Å². The second-order valence-corrected chi connectivity index (χ2v) is 2.39. The summed E-state index contributed by atoms with van der Waals surface area (Å²) in [6.07, 6.45) is 9.67. The average Bonchev–Trinajstić information content (AvgIpc) is 2.14. The normalized spacial score (nSPS) is 11.0. The van der Waals surface area contributed by atoms with Crippen molar-refractivity contribution < 1.29 is 0 Å². The van der Waals surface area contributed by atoms with Gasteiger partial charge in [-0.15, -0.1) is 0 Å². The molecule has 0 radical (unpaired) electrons. The van der Waals surface area contributed by atoms with E-state index >= 15 is 0 Å². The third-order valence-electron chi connectivity index (χ3n) is 1.45. The van der Waals surface area contributed by atoms with E-state index in [0.717, 1.165) is 0 Å². The molecule has 0 bridgehead atoms. The Bertz CT molecular complexity index is 278. The van der Waals surface area contributed by atoms with Gasteiger partial charge in [0, 0.05) is 0 Å². The first-order valence-electron chi connectivity index (χ1n) is 3.94. The van der Waals surface area contributed by atoms with Gasteiger partial charge in [0.2, 0.25) is 0 Å². The molecule has 1 aromatic rings. The van der Waals surface area contributed by atoms with E-state index in [1.165, 1.54) is 5.56 Å². The van der Waals surface area contributed by atoms with Crippen molar-refractivity contribution >= 4 is 6.08 Å². The molecule has 0 atom stereocenters. The first kappa shape index (κ1) is 8.54. The zero-order valence-corrected chi connectivity index (χ0v) is 6.98. The van der Waals surface area contributed by atoms with Crippen LogP contribution >= 0.6 is 0 Å². The summed E-state index contributed by atoms with van der Waals surface area (Å²) in [4.78, 5) is 0. The molecule has 0 spiro atoms. The number of benzene rings is 1. The Morgan fingerprint density at radius 1 is 0.917 bits per heavy atom. The lowest BCUT2D eigenvalue weighted by atomic mass is 10.2. The van der Waals surface area contributed by atoms with Crippen LogP contribution in [0.3, 0.4) is 0 Å². The second-order valence-electron chi connectivity index (χ2n) is 2.39. The van der Waals surface area contributed by atoms with Crippen LogP contribution in [0.4, 0.5) is 0 Å². The minimum Gasteiger partial charge on any atom is -0.0991 e. The fourth-order valence-corrected chi connectivity index (χ4v) is 0.874. The largest absolute Gasteiger partial charge is 0.0991 e.